The van der Waals surface area contributed by atoms with Crippen LogP contribution in [0.3, 0.4) is 0 Å². The zero-order valence-corrected chi connectivity index (χ0v) is 11.4. The maximum Gasteiger partial charge on any atom is 0.0372 e. The van der Waals surface area contributed by atoms with Crippen LogP contribution in [0.25, 0.3) is 0 Å². The number of nitrogens with zero attached hydrogens (tertiary/aromatic N) is 1. The molecule has 2 nitrogen and oxygen atoms in total. The predicted octanol–water partition coefficient (Wildman–Crippen LogP) is 3.56. The normalized spacial score (nSPS) is 18.1. The van der Waals surface area contributed by atoms with Gasteiger partial charge in [0.05, 0.1) is 0 Å². The molecule has 98 valence electrons. The van der Waals surface area contributed by atoms with Crippen molar-refractivity contribution in [2.24, 2.45) is 0 Å². The molecule has 0 spiro atoms. The summed E-state index contributed by atoms with van der Waals surface area (Å²) in [4.78, 5) is 4.35. The van der Waals surface area contributed by atoms with Crippen molar-refractivity contribution >= 4 is 0 Å². The summed E-state index contributed by atoms with van der Waals surface area (Å²) in [5.74, 6) is 0. The van der Waals surface area contributed by atoms with E-state index in [0.717, 1.165) is 12.2 Å². The summed E-state index contributed by atoms with van der Waals surface area (Å²) in [6, 6.07) is 13.5. The molecule has 2 aromatic rings. The number of benzene rings is 1. The minimum absolute atomic E-state index is 0.492. The van der Waals surface area contributed by atoms with E-state index in [2.05, 4.69) is 46.7 Å². The third-order valence-corrected chi connectivity index (χ3v) is 3.89. The van der Waals surface area contributed by atoms with Crippen molar-refractivity contribution in [3.63, 3.8) is 0 Å². The molecule has 0 fully saturated rings. The number of aryl methyl sites for hydroxylation is 2. The van der Waals surface area contributed by atoms with Crippen LogP contribution in [-0.4, -0.2) is 4.98 Å². The number of nitrogens with one attached hydrogen (secondary N) is 1. The SMILES string of the molecule is Cc1ccc(CNC2CCCc3ccccc32)cn1. The fourth-order valence-corrected chi connectivity index (χ4v) is 2.81. The first-order valence-corrected chi connectivity index (χ1v) is 7.05. The Bertz CT molecular complexity index is 545. The molecule has 1 aromatic carbocycles. The Labute approximate surface area is 114 Å². The van der Waals surface area contributed by atoms with Gasteiger partial charge in [-0.25, -0.2) is 0 Å². The first-order chi connectivity index (χ1) is 9.33. The number of pyridine rings is 1. The van der Waals surface area contributed by atoms with Crippen molar-refractivity contribution in [2.45, 2.75) is 38.8 Å². The monoisotopic (exact) mass is 252 g/mol. The van der Waals surface area contributed by atoms with Gasteiger partial charge < -0.3 is 5.32 Å². The van der Waals surface area contributed by atoms with Gasteiger partial charge in [-0.1, -0.05) is 30.3 Å². The summed E-state index contributed by atoms with van der Waals surface area (Å²) < 4.78 is 0. The lowest BCUT2D eigenvalue weighted by Gasteiger charge is -2.26. The van der Waals surface area contributed by atoms with Crippen molar-refractivity contribution in [2.75, 3.05) is 0 Å². The molecule has 1 aliphatic carbocycles. The fraction of sp³-hybridized carbons (Fsp3) is 0.353. The number of aromatic nitrogens is 1. The molecule has 0 bridgehead atoms. The highest BCUT2D eigenvalue weighted by Crippen LogP contribution is 2.29. The van der Waals surface area contributed by atoms with Crippen LogP contribution in [0.2, 0.25) is 0 Å². The zero-order chi connectivity index (χ0) is 13.1. The summed E-state index contributed by atoms with van der Waals surface area (Å²) >= 11 is 0. The van der Waals surface area contributed by atoms with Crippen LogP contribution in [0.15, 0.2) is 42.6 Å². The molecular formula is C17H20N2. The largest absolute Gasteiger partial charge is 0.306 e. The Morgan fingerprint density at radius 3 is 2.95 bits per heavy atom. The van der Waals surface area contributed by atoms with E-state index in [4.69, 9.17) is 0 Å². The molecule has 3 rings (SSSR count). The van der Waals surface area contributed by atoms with Crippen molar-refractivity contribution in [3.05, 3.63) is 65.0 Å². The average Bonchev–Trinajstić information content (AvgIpc) is 2.47. The van der Waals surface area contributed by atoms with Crippen molar-refractivity contribution in [3.8, 4) is 0 Å². The molecule has 0 amide bonds. The zero-order valence-electron chi connectivity index (χ0n) is 11.4. The average molecular weight is 252 g/mol. The van der Waals surface area contributed by atoms with Crippen LogP contribution in [-0.2, 0) is 13.0 Å². The maximum atomic E-state index is 4.35. The summed E-state index contributed by atoms with van der Waals surface area (Å²) in [6.07, 6.45) is 5.70. The molecular weight excluding hydrogens is 232 g/mol. The van der Waals surface area contributed by atoms with Crippen LogP contribution >= 0.6 is 0 Å². The molecule has 0 radical (unpaired) electrons. The van der Waals surface area contributed by atoms with Crippen molar-refractivity contribution < 1.29 is 0 Å². The minimum Gasteiger partial charge on any atom is -0.306 e. The van der Waals surface area contributed by atoms with Gasteiger partial charge in [0.2, 0.25) is 0 Å². The van der Waals surface area contributed by atoms with E-state index in [-0.39, 0.29) is 0 Å². The summed E-state index contributed by atoms with van der Waals surface area (Å²) in [7, 11) is 0. The standard InChI is InChI=1S/C17H20N2/c1-13-9-10-14(11-18-13)12-19-17-8-4-6-15-5-2-3-7-16(15)17/h2-3,5,7,9-11,17,19H,4,6,8,12H2,1H3. The molecule has 1 aromatic heterocycles. The molecule has 1 heterocycles. The number of fused-ring (bicyclic) bond motifs is 1. The Balaban J connectivity index is 1.69. The molecule has 0 aliphatic heterocycles. The molecule has 1 aliphatic rings. The quantitative estimate of drug-likeness (QED) is 0.903. The Kier molecular flexibility index (Phi) is 3.60. The van der Waals surface area contributed by atoms with E-state index in [1.165, 1.54) is 36.0 Å². The lowest BCUT2D eigenvalue weighted by molar-refractivity contribution is 0.459. The Morgan fingerprint density at radius 1 is 1.21 bits per heavy atom. The van der Waals surface area contributed by atoms with Gasteiger partial charge in [-0.3, -0.25) is 4.98 Å². The maximum absolute atomic E-state index is 4.35. The van der Waals surface area contributed by atoms with Gasteiger partial charge in [-0.05, 0) is 48.9 Å². The summed E-state index contributed by atoms with van der Waals surface area (Å²) in [6.45, 7) is 2.92. The third kappa shape index (κ3) is 2.85. The van der Waals surface area contributed by atoms with E-state index < -0.39 is 0 Å². The second-order valence-electron chi connectivity index (χ2n) is 5.33. The molecule has 1 N–H and O–H groups in total. The van der Waals surface area contributed by atoms with Crippen LogP contribution in [0.1, 0.15) is 41.3 Å². The van der Waals surface area contributed by atoms with E-state index in [1.807, 2.05) is 13.1 Å². The molecule has 2 heteroatoms. The van der Waals surface area contributed by atoms with Gasteiger partial charge >= 0.3 is 0 Å². The van der Waals surface area contributed by atoms with Gasteiger partial charge in [-0.2, -0.15) is 0 Å². The highest BCUT2D eigenvalue weighted by Gasteiger charge is 2.18. The van der Waals surface area contributed by atoms with E-state index >= 15 is 0 Å². The number of rotatable bonds is 3. The predicted molar refractivity (Wildman–Crippen MR) is 77.9 cm³/mol. The number of hydrogen-bond acceptors (Lipinski definition) is 2. The molecule has 1 unspecified atom stereocenters. The molecule has 1 atom stereocenters. The fourth-order valence-electron chi connectivity index (χ4n) is 2.81. The third-order valence-electron chi connectivity index (χ3n) is 3.89. The first-order valence-electron chi connectivity index (χ1n) is 7.05. The highest BCUT2D eigenvalue weighted by atomic mass is 14.9. The molecule has 0 saturated carbocycles. The van der Waals surface area contributed by atoms with Gasteiger partial charge in [0.15, 0.2) is 0 Å². The highest BCUT2D eigenvalue weighted by molar-refractivity contribution is 5.32. The van der Waals surface area contributed by atoms with Crippen LogP contribution < -0.4 is 5.32 Å². The lowest BCUT2D eigenvalue weighted by atomic mass is 9.87. The minimum atomic E-state index is 0.492. The Morgan fingerprint density at radius 2 is 2.11 bits per heavy atom. The lowest BCUT2D eigenvalue weighted by Crippen LogP contribution is -2.24. The Hall–Kier alpha value is -1.67. The van der Waals surface area contributed by atoms with Gasteiger partial charge in [0.25, 0.3) is 0 Å². The van der Waals surface area contributed by atoms with E-state index in [1.54, 1.807) is 0 Å². The van der Waals surface area contributed by atoms with Crippen LogP contribution in [0.5, 0.6) is 0 Å². The second kappa shape index (κ2) is 5.54. The van der Waals surface area contributed by atoms with Crippen molar-refractivity contribution in [1.82, 2.24) is 10.3 Å². The molecule has 19 heavy (non-hydrogen) atoms. The summed E-state index contributed by atoms with van der Waals surface area (Å²) in [5, 5.41) is 3.67. The summed E-state index contributed by atoms with van der Waals surface area (Å²) in [5.41, 5.74) is 5.32. The van der Waals surface area contributed by atoms with Gasteiger partial charge in [-0.15, -0.1) is 0 Å². The van der Waals surface area contributed by atoms with E-state index in [0.29, 0.717) is 6.04 Å². The number of hydrogen-bond donors (Lipinski definition) is 1. The second-order valence-corrected chi connectivity index (χ2v) is 5.33. The van der Waals surface area contributed by atoms with Crippen LogP contribution in [0.4, 0.5) is 0 Å². The van der Waals surface area contributed by atoms with E-state index in [9.17, 15) is 0 Å². The topological polar surface area (TPSA) is 24.9 Å². The smallest absolute Gasteiger partial charge is 0.0372 e. The van der Waals surface area contributed by atoms with Gasteiger partial charge in [0.1, 0.15) is 0 Å². The van der Waals surface area contributed by atoms with Gasteiger partial charge in [0, 0.05) is 24.5 Å². The molecule has 0 saturated heterocycles. The van der Waals surface area contributed by atoms with Crippen LogP contribution in [0, 0.1) is 6.92 Å². The van der Waals surface area contributed by atoms with Crippen molar-refractivity contribution in [1.29, 1.82) is 0 Å². The first kappa shape index (κ1) is 12.4.